The Bertz CT molecular complexity index is 828. The number of nitrogens with one attached hydrogen (secondary N) is 1. The first-order valence-corrected chi connectivity index (χ1v) is 9.01. The van der Waals surface area contributed by atoms with Gasteiger partial charge in [-0.25, -0.2) is 4.98 Å². The molecule has 0 bridgehead atoms. The van der Waals surface area contributed by atoms with Gasteiger partial charge in [-0.05, 0) is 17.0 Å². The summed E-state index contributed by atoms with van der Waals surface area (Å²) in [4.78, 5) is 17.1. The minimum Gasteiger partial charge on any atom is -0.428 e. The lowest BCUT2D eigenvalue weighted by Crippen LogP contribution is -2.26. The van der Waals surface area contributed by atoms with Crippen LogP contribution in [-0.2, 0) is 11.2 Å². The number of carbonyl (C=O) groups excluding carboxylic acids is 1. The van der Waals surface area contributed by atoms with Gasteiger partial charge in [-0.3, -0.25) is 10.1 Å². The fraction of sp³-hybridized carbons (Fsp3) is 0.273. The van der Waals surface area contributed by atoms with Crippen LogP contribution in [0.15, 0.2) is 71.3 Å². The molecule has 0 aliphatic rings. The number of hydrogen-bond acceptors (Lipinski definition) is 3. The fourth-order valence-electron chi connectivity index (χ4n) is 3.06. The minimum atomic E-state index is -0.231. The third-order valence-corrected chi connectivity index (χ3v) is 4.66. The molecule has 2 unspecified atom stereocenters. The Hall–Kier alpha value is -2.88. The Morgan fingerprint density at radius 3 is 2.38 bits per heavy atom. The number of amides is 1. The van der Waals surface area contributed by atoms with Gasteiger partial charge in [-0.15, -0.1) is 0 Å². The van der Waals surface area contributed by atoms with Crippen LogP contribution >= 0.6 is 0 Å². The van der Waals surface area contributed by atoms with E-state index in [0.29, 0.717) is 6.42 Å². The maximum absolute atomic E-state index is 12.9. The molecule has 0 spiro atoms. The number of anilines is 1. The highest BCUT2D eigenvalue weighted by Crippen LogP contribution is 2.28. The van der Waals surface area contributed by atoms with E-state index in [1.165, 1.54) is 0 Å². The van der Waals surface area contributed by atoms with Crippen molar-refractivity contribution in [1.82, 2.24) is 4.98 Å². The topological polar surface area (TPSA) is 55.1 Å². The molecule has 0 saturated carbocycles. The van der Waals surface area contributed by atoms with E-state index < -0.39 is 0 Å². The number of hydrogen-bond donors (Lipinski definition) is 1. The van der Waals surface area contributed by atoms with Crippen molar-refractivity contribution >= 4 is 11.9 Å². The van der Waals surface area contributed by atoms with Crippen LogP contribution in [0.5, 0.6) is 0 Å². The Kier molecular flexibility index (Phi) is 5.84. The minimum absolute atomic E-state index is 0.0846. The molecule has 2 aromatic carbocycles. The molecular weight excluding hydrogens is 324 g/mol. The highest BCUT2D eigenvalue weighted by molar-refractivity contribution is 5.94. The van der Waals surface area contributed by atoms with E-state index in [-0.39, 0.29) is 23.8 Å². The van der Waals surface area contributed by atoms with Crippen molar-refractivity contribution in [3.05, 3.63) is 83.7 Å². The van der Waals surface area contributed by atoms with Crippen LogP contribution in [0.3, 0.4) is 0 Å². The van der Waals surface area contributed by atoms with E-state index in [1.807, 2.05) is 60.7 Å². The van der Waals surface area contributed by atoms with Gasteiger partial charge in [0.15, 0.2) is 0 Å². The third kappa shape index (κ3) is 4.39. The van der Waals surface area contributed by atoms with Gasteiger partial charge in [-0.2, -0.15) is 0 Å². The summed E-state index contributed by atoms with van der Waals surface area (Å²) >= 11 is 0. The molecule has 26 heavy (non-hydrogen) atoms. The van der Waals surface area contributed by atoms with E-state index >= 15 is 0 Å². The number of carbonyl (C=O) groups is 1. The number of aromatic nitrogens is 1. The molecule has 1 amide bonds. The van der Waals surface area contributed by atoms with Crippen molar-refractivity contribution in [2.24, 2.45) is 5.92 Å². The monoisotopic (exact) mass is 348 g/mol. The molecule has 134 valence electrons. The zero-order valence-electron chi connectivity index (χ0n) is 15.2. The van der Waals surface area contributed by atoms with Gasteiger partial charge in [0.25, 0.3) is 0 Å². The van der Waals surface area contributed by atoms with Crippen LogP contribution in [0.1, 0.15) is 43.1 Å². The first kappa shape index (κ1) is 17.9. The number of benzene rings is 2. The Morgan fingerprint density at radius 2 is 1.73 bits per heavy atom. The van der Waals surface area contributed by atoms with E-state index in [2.05, 4.69) is 24.1 Å². The summed E-state index contributed by atoms with van der Waals surface area (Å²) in [6.45, 7) is 4.19. The van der Waals surface area contributed by atoms with Gasteiger partial charge in [-0.1, -0.05) is 80.9 Å². The third-order valence-electron chi connectivity index (χ3n) is 4.66. The predicted octanol–water partition coefficient (Wildman–Crippen LogP) is 5.03. The zero-order chi connectivity index (χ0) is 18.4. The van der Waals surface area contributed by atoms with Gasteiger partial charge >= 0.3 is 6.01 Å². The second kappa shape index (κ2) is 8.48. The predicted molar refractivity (Wildman–Crippen MR) is 103 cm³/mol. The van der Waals surface area contributed by atoms with Crippen molar-refractivity contribution in [2.45, 2.75) is 32.6 Å². The standard InChI is InChI=1S/C22H24N2O2/c1-3-16(2)20(18-12-8-5-9-13-18)21(25)24-22-23-15-19(26-22)14-17-10-6-4-7-11-17/h4-13,15-16,20H,3,14H2,1-2H3,(H,23,24,25). The first-order chi connectivity index (χ1) is 12.7. The SMILES string of the molecule is CCC(C)C(C(=O)Nc1ncc(Cc2ccccc2)o1)c1ccccc1. The van der Waals surface area contributed by atoms with Gasteiger partial charge in [0, 0.05) is 6.42 Å². The molecule has 1 N–H and O–H groups in total. The lowest BCUT2D eigenvalue weighted by atomic mass is 9.85. The van der Waals surface area contributed by atoms with E-state index in [1.54, 1.807) is 6.20 Å². The molecule has 2 atom stereocenters. The summed E-state index contributed by atoms with van der Waals surface area (Å²) in [5.41, 5.74) is 2.15. The first-order valence-electron chi connectivity index (χ1n) is 9.01. The smallest absolute Gasteiger partial charge is 0.301 e. The number of oxazole rings is 1. The summed E-state index contributed by atoms with van der Waals surface area (Å²) in [6.07, 6.45) is 3.23. The quantitative estimate of drug-likeness (QED) is 0.651. The van der Waals surface area contributed by atoms with Crippen LogP contribution in [0.25, 0.3) is 0 Å². The van der Waals surface area contributed by atoms with Crippen LogP contribution in [0.2, 0.25) is 0 Å². The van der Waals surface area contributed by atoms with Gasteiger partial charge in [0.1, 0.15) is 5.76 Å². The van der Waals surface area contributed by atoms with Crippen LogP contribution < -0.4 is 5.32 Å². The molecule has 0 radical (unpaired) electrons. The van der Waals surface area contributed by atoms with Crippen molar-refractivity contribution in [3.63, 3.8) is 0 Å². The molecule has 1 aromatic heterocycles. The van der Waals surface area contributed by atoms with Crippen LogP contribution in [0.4, 0.5) is 6.01 Å². The summed E-state index contributed by atoms with van der Waals surface area (Å²) in [5.74, 6) is 0.631. The largest absolute Gasteiger partial charge is 0.428 e. The van der Waals surface area contributed by atoms with E-state index in [4.69, 9.17) is 4.42 Å². The molecule has 4 heteroatoms. The maximum atomic E-state index is 12.9. The second-order valence-corrected chi connectivity index (χ2v) is 6.56. The summed E-state index contributed by atoms with van der Waals surface area (Å²) < 4.78 is 5.71. The Labute approximate surface area is 154 Å². The summed E-state index contributed by atoms with van der Waals surface area (Å²) in [7, 11) is 0. The molecule has 4 nitrogen and oxygen atoms in total. The lowest BCUT2D eigenvalue weighted by Gasteiger charge is -2.21. The van der Waals surface area contributed by atoms with E-state index in [0.717, 1.165) is 23.3 Å². The van der Waals surface area contributed by atoms with Crippen LogP contribution in [0, 0.1) is 5.92 Å². The van der Waals surface area contributed by atoms with Crippen molar-refractivity contribution in [3.8, 4) is 0 Å². The molecule has 0 aliphatic heterocycles. The highest BCUT2D eigenvalue weighted by Gasteiger charge is 2.26. The average molecular weight is 348 g/mol. The summed E-state index contributed by atoms with van der Waals surface area (Å²) in [6, 6.07) is 20.2. The highest BCUT2D eigenvalue weighted by atomic mass is 16.4. The van der Waals surface area contributed by atoms with Crippen molar-refractivity contribution in [2.75, 3.05) is 5.32 Å². The van der Waals surface area contributed by atoms with Crippen molar-refractivity contribution < 1.29 is 9.21 Å². The molecule has 3 rings (SSSR count). The molecule has 1 heterocycles. The van der Waals surface area contributed by atoms with Crippen molar-refractivity contribution in [1.29, 1.82) is 0 Å². The lowest BCUT2D eigenvalue weighted by molar-refractivity contribution is -0.118. The number of nitrogens with zero attached hydrogens (tertiary/aromatic N) is 1. The van der Waals surface area contributed by atoms with Gasteiger partial charge in [0.05, 0.1) is 12.1 Å². The molecular formula is C22H24N2O2. The second-order valence-electron chi connectivity index (χ2n) is 6.56. The van der Waals surface area contributed by atoms with Crippen LogP contribution in [-0.4, -0.2) is 10.9 Å². The maximum Gasteiger partial charge on any atom is 0.301 e. The van der Waals surface area contributed by atoms with E-state index in [9.17, 15) is 4.79 Å². The van der Waals surface area contributed by atoms with Gasteiger partial charge < -0.3 is 4.42 Å². The number of rotatable bonds is 7. The van der Waals surface area contributed by atoms with Gasteiger partial charge in [0.2, 0.25) is 5.91 Å². The summed E-state index contributed by atoms with van der Waals surface area (Å²) in [5, 5.41) is 2.85. The average Bonchev–Trinajstić information content (AvgIpc) is 3.10. The molecule has 0 saturated heterocycles. The molecule has 0 aliphatic carbocycles. The Balaban J connectivity index is 1.72. The molecule has 0 fully saturated rings. The normalized spacial score (nSPS) is 13.2. The Morgan fingerprint density at radius 1 is 1.08 bits per heavy atom. The fourth-order valence-corrected chi connectivity index (χ4v) is 3.06. The zero-order valence-corrected chi connectivity index (χ0v) is 15.2. The molecule has 3 aromatic rings.